The number of fused-ring (bicyclic) bond motifs is 2. The molecule has 0 unspecified atom stereocenters. The zero-order chi connectivity index (χ0) is 16.2. The summed E-state index contributed by atoms with van der Waals surface area (Å²) >= 11 is 0. The van der Waals surface area contributed by atoms with Gasteiger partial charge in [-0.1, -0.05) is 26.8 Å². The van der Waals surface area contributed by atoms with Crippen molar-refractivity contribution in [1.82, 2.24) is 0 Å². The molecule has 4 nitrogen and oxygen atoms in total. The van der Waals surface area contributed by atoms with Gasteiger partial charge >= 0.3 is 11.9 Å². The van der Waals surface area contributed by atoms with Gasteiger partial charge in [-0.2, -0.15) is 0 Å². The average molecular weight is 302 g/mol. The van der Waals surface area contributed by atoms with E-state index in [0.29, 0.717) is 17.8 Å². The van der Waals surface area contributed by atoms with Crippen molar-refractivity contribution in [2.45, 2.75) is 47.1 Å². The summed E-state index contributed by atoms with van der Waals surface area (Å²) in [4.78, 5) is 23.2. The smallest absolute Gasteiger partial charge is 0.339 e. The fraction of sp³-hybridized carbons (Fsp3) is 0.556. The van der Waals surface area contributed by atoms with Crippen molar-refractivity contribution in [1.29, 1.82) is 0 Å². The van der Waals surface area contributed by atoms with E-state index in [1.807, 2.05) is 13.0 Å². The highest BCUT2D eigenvalue weighted by molar-refractivity contribution is 5.94. The number of ether oxygens (including phenoxy) is 2. The quantitative estimate of drug-likeness (QED) is 0.697. The van der Waals surface area contributed by atoms with E-state index in [1.54, 1.807) is 0 Å². The second-order valence-electron chi connectivity index (χ2n) is 6.77. The van der Waals surface area contributed by atoms with Crippen LogP contribution in [0.3, 0.4) is 0 Å². The summed E-state index contributed by atoms with van der Waals surface area (Å²) in [5.41, 5.74) is 2.70. The number of esters is 2. The van der Waals surface area contributed by atoms with Crippen molar-refractivity contribution in [3.05, 3.63) is 34.6 Å². The highest BCUT2D eigenvalue weighted by Crippen LogP contribution is 2.57. The molecule has 0 bridgehead atoms. The molecule has 2 aliphatic carbocycles. The Labute approximate surface area is 130 Å². The first kappa shape index (κ1) is 15.1. The lowest BCUT2D eigenvalue weighted by Gasteiger charge is -2.50. The molecule has 0 aromatic heterocycles. The van der Waals surface area contributed by atoms with Crippen LogP contribution in [0.4, 0.5) is 0 Å². The van der Waals surface area contributed by atoms with Crippen molar-refractivity contribution in [3.63, 3.8) is 0 Å². The average Bonchev–Trinajstić information content (AvgIpc) is 2.72. The van der Waals surface area contributed by atoms with Gasteiger partial charge < -0.3 is 9.47 Å². The van der Waals surface area contributed by atoms with Crippen LogP contribution in [-0.4, -0.2) is 18.0 Å². The number of hydrogen-bond donors (Lipinski definition) is 0. The van der Waals surface area contributed by atoms with E-state index in [1.165, 1.54) is 12.5 Å². The Morgan fingerprint density at radius 3 is 2.73 bits per heavy atom. The van der Waals surface area contributed by atoms with Crippen LogP contribution in [0.1, 0.15) is 41.0 Å². The van der Waals surface area contributed by atoms with Crippen LogP contribution in [-0.2, 0) is 19.1 Å². The van der Waals surface area contributed by atoms with Gasteiger partial charge in [-0.25, -0.2) is 4.79 Å². The van der Waals surface area contributed by atoms with Crippen LogP contribution in [0.2, 0.25) is 0 Å². The summed E-state index contributed by atoms with van der Waals surface area (Å²) in [6, 6.07) is 0. The van der Waals surface area contributed by atoms with E-state index in [2.05, 4.69) is 26.8 Å². The third kappa shape index (κ3) is 1.89. The molecule has 118 valence electrons. The molecule has 3 aliphatic rings. The number of allylic oxidation sites excluding steroid dienone is 3. The molecule has 3 rings (SSSR count). The van der Waals surface area contributed by atoms with Crippen molar-refractivity contribution in [3.8, 4) is 0 Å². The van der Waals surface area contributed by atoms with Gasteiger partial charge in [-0.15, -0.1) is 0 Å². The molecule has 0 aromatic carbocycles. The molecule has 1 heterocycles. The Morgan fingerprint density at radius 2 is 2.09 bits per heavy atom. The second kappa shape index (κ2) is 4.83. The minimum absolute atomic E-state index is 0.123. The Hall–Kier alpha value is -1.84. The minimum Gasteiger partial charge on any atom is -0.462 e. The standard InChI is InChI=1S/C18H22O4/c1-9-16-11(3)18(5)10(2)14(21-12(4)19)7-6-13(18)8-15(16)22-17(9)20/h6,8,10-11,14H,7H2,1-5H3/t10-,11-,14-,18-/m0/s1. The first-order valence-electron chi connectivity index (χ1n) is 7.79. The zero-order valence-electron chi connectivity index (χ0n) is 13.7. The fourth-order valence-electron chi connectivity index (χ4n) is 4.15. The maximum Gasteiger partial charge on any atom is 0.339 e. The van der Waals surface area contributed by atoms with Crippen molar-refractivity contribution < 1.29 is 19.1 Å². The molecule has 1 aliphatic heterocycles. The lowest BCUT2D eigenvalue weighted by atomic mass is 9.55. The normalized spacial score (nSPS) is 37.0. The van der Waals surface area contributed by atoms with E-state index in [0.717, 1.165) is 5.57 Å². The molecule has 0 saturated heterocycles. The topological polar surface area (TPSA) is 52.6 Å². The number of carbonyl (C=O) groups is 2. The molecule has 0 N–H and O–H groups in total. The summed E-state index contributed by atoms with van der Waals surface area (Å²) in [7, 11) is 0. The third-order valence-electron chi connectivity index (χ3n) is 5.81. The summed E-state index contributed by atoms with van der Waals surface area (Å²) in [5, 5.41) is 0. The molecule has 0 fully saturated rings. The van der Waals surface area contributed by atoms with E-state index in [4.69, 9.17) is 9.47 Å². The van der Waals surface area contributed by atoms with E-state index < -0.39 is 0 Å². The van der Waals surface area contributed by atoms with Crippen LogP contribution in [0.5, 0.6) is 0 Å². The predicted octanol–water partition coefficient (Wildman–Crippen LogP) is 3.30. The van der Waals surface area contributed by atoms with E-state index in [9.17, 15) is 9.59 Å². The van der Waals surface area contributed by atoms with Crippen LogP contribution in [0.25, 0.3) is 0 Å². The predicted molar refractivity (Wildman–Crippen MR) is 81.6 cm³/mol. The van der Waals surface area contributed by atoms with Gasteiger partial charge in [0, 0.05) is 35.8 Å². The second-order valence-corrected chi connectivity index (χ2v) is 6.77. The van der Waals surface area contributed by atoms with Gasteiger partial charge in [0.15, 0.2) is 0 Å². The van der Waals surface area contributed by atoms with Gasteiger partial charge in [0.1, 0.15) is 11.9 Å². The van der Waals surface area contributed by atoms with Crippen LogP contribution in [0.15, 0.2) is 34.6 Å². The van der Waals surface area contributed by atoms with E-state index in [-0.39, 0.29) is 35.3 Å². The molecule has 0 radical (unpaired) electrons. The molecule has 0 saturated carbocycles. The summed E-state index contributed by atoms with van der Waals surface area (Å²) in [6.07, 6.45) is 4.69. The zero-order valence-corrected chi connectivity index (χ0v) is 13.7. The van der Waals surface area contributed by atoms with Gasteiger partial charge in [0.2, 0.25) is 0 Å². The number of hydrogen-bond acceptors (Lipinski definition) is 4. The van der Waals surface area contributed by atoms with E-state index >= 15 is 0 Å². The molecule has 0 spiro atoms. The maximum atomic E-state index is 11.9. The van der Waals surface area contributed by atoms with Crippen LogP contribution < -0.4 is 0 Å². The molecule has 22 heavy (non-hydrogen) atoms. The Balaban J connectivity index is 2.08. The lowest BCUT2D eigenvalue weighted by molar-refractivity contribution is -0.152. The number of carbonyl (C=O) groups excluding carboxylic acids is 2. The fourth-order valence-corrected chi connectivity index (χ4v) is 4.15. The Morgan fingerprint density at radius 1 is 1.41 bits per heavy atom. The van der Waals surface area contributed by atoms with Crippen LogP contribution in [0, 0.1) is 17.3 Å². The maximum absolute atomic E-state index is 11.9. The van der Waals surface area contributed by atoms with Gasteiger partial charge in [-0.3, -0.25) is 4.79 Å². The molecular weight excluding hydrogens is 280 g/mol. The first-order valence-corrected chi connectivity index (χ1v) is 7.79. The largest absolute Gasteiger partial charge is 0.462 e. The monoisotopic (exact) mass is 302 g/mol. The molecule has 4 atom stereocenters. The van der Waals surface area contributed by atoms with Gasteiger partial charge in [-0.05, 0) is 24.5 Å². The highest BCUT2D eigenvalue weighted by Gasteiger charge is 2.52. The van der Waals surface area contributed by atoms with Crippen LogP contribution >= 0.6 is 0 Å². The Kier molecular flexibility index (Phi) is 3.31. The van der Waals surface area contributed by atoms with Crippen molar-refractivity contribution in [2.24, 2.45) is 17.3 Å². The number of rotatable bonds is 1. The SMILES string of the molecule is CC(=O)O[C@H]1CC=C2C=C3OC(=O)C(C)=C3[C@H](C)[C@]2(C)[C@H]1C. The summed E-state index contributed by atoms with van der Waals surface area (Å²) in [6.45, 7) is 9.73. The molecular formula is C18H22O4. The van der Waals surface area contributed by atoms with Gasteiger partial charge in [0.25, 0.3) is 0 Å². The summed E-state index contributed by atoms with van der Waals surface area (Å²) < 4.78 is 10.9. The van der Waals surface area contributed by atoms with Crippen molar-refractivity contribution in [2.75, 3.05) is 0 Å². The Bertz CT molecular complexity index is 652. The summed E-state index contributed by atoms with van der Waals surface area (Å²) in [5.74, 6) is 0.502. The van der Waals surface area contributed by atoms with Gasteiger partial charge in [0.05, 0.1) is 0 Å². The third-order valence-corrected chi connectivity index (χ3v) is 5.81. The molecule has 0 aromatic rings. The highest BCUT2D eigenvalue weighted by atomic mass is 16.5. The van der Waals surface area contributed by atoms with Crippen molar-refractivity contribution >= 4 is 11.9 Å². The minimum atomic E-state index is -0.250. The molecule has 0 amide bonds. The lowest BCUT2D eigenvalue weighted by Crippen LogP contribution is -2.46. The first-order chi connectivity index (χ1) is 10.3. The molecule has 4 heteroatoms.